The zero-order valence-corrected chi connectivity index (χ0v) is 13.7. The highest BCUT2D eigenvalue weighted by molar-refractivity contribution is 8.00. The summed E-state index contributed by atoms with van der Waals surface area (Å²) in [7, 11) is 3.36. The summed E-state index contributed by atoms with van der Waals surface area (Å²) in [5, 5.41) is 2.71. The van der Waals surface area contributed by atoms with Crippen molar-refractivity contribution in [3.63, 3.8) is 0 Å². The molecular weight excluding hydrogens is 304 g/mol. The van der Waals surface area contributed by atoms with Crippen LogP contribution in [0.5, 0.6) is 0 Å². The van der Waals surface area contributed by atoms with Gasteiger partial charge in [0.2, 0.25) is 5.91 Å². The quantitative estimate of drug-likeness (QED) is 0.772. The van der Waals surface area contributed by atoms with Gasteiger partial charge < -0.3 is 15.0 Å². The second-order valence-corrected chi connectivity index (χ2v) is 5.61. The third-order valence-corrected chi connectivity index (χ3v) is 3.49. The minimum Gasteiger partial charge on any atom is -0.465 e. The Bertz CT molecular complexity index is 529. The molecule has 0 radical (unpaired) electrons. The Morgan fingerprint density at radius 2 is 1.77 bits per heavy atom. The summed E-state index contributed by atoms with van der Waals surface area (Å²) >= 11 is 1.19. The van der Waals surface area contributed by atoms with Crippen molar-refractivity contribution in [2.75, 3.05) is 37.5 Å². The van der Waals surface area contributed by atoms with Crippen LogP contribution in [-0.2, 0) is 14.3 Å². The van der Waals surface area contributed by atoms with Gasteiger partial charge in [0.1, 0.15) is 0 Å². The number of ether oxygens (including phenoxy) is 1. The molecule has 7 heteroatoms. The van der Waals surface area contributed by atoms with Gasteiger partial charge in [-0.25, -0.2) is 0 Å². The van der Waals surface area contributed by atoms with Gasteiger partial charge in [0, 0.05) is 25.3 Å². The van der Waals surface area contributed by atoms with Gasteiger partial charge in [0.15, 0.2) is 0 Å². The van der Waals surface area contributed by atoms with Crippen LogP contribution in [0.3, 0.4) is 0 Å². The molecule has 0 aliphatic heterocycles. The smallest absolute Gasteiger partial charge is 0.315 e. The summed E-state index contributed by atoms with van der Waals surface area (Å²) in [4.78, 5) is 36.1. The van der Waals surface area contributed by atoms with Crippen LogP contribution in [0.1, 0.15) is 17.3 Å². The van der Waals surface area contributed by atoms with E-state index >= 15 is 0 Å². The van der Waals surface area contributed by atoms with Crippen molar-refractivity contribution in [2.24, 2.45) is 0 Å². The molecule has 0 unspecified atom stereocenters. The van der Waals surface area contributed by atoms with E-state index in [9.17, 15) is 14.4 Å². The number of carbonyl (C=O) groups is 3. The average molecular weight is 324 g/mol. The van der Waals surface area contributed by atoms with Crippen molar-refractivity contribution in [3.8, 4) is 0 Å². The number of thioether (sulfide) groups is 1. The molecule has 1 N–H and O–H groups in total. The second kappa shape index (κ2) is 9.09. The summed E-state index contributed by atoms with van der Waals surface area (Å²) in [5.41, 5.74) is 1.16. The molecule has 0 saturated heterocycles. The zero-order valence-electron chi connectivity index (χ0n) is 12.9. The number of hydrogen-bond acceptors (Lipinski definition) is 5. The Labute approximate surface area is 134 Å². The van der Waals surface area contributed by atoms with Crippen molar-refractivity contribution in [2.45, 2.75) is 6.92 Å². The van der Waals surface area contributed by atoms with Crippen LogP contribution in [0.2, 0.25) is 0 Å². The number of benzene rings is 1. The number of nitrogens with one attached hydrogen (secondary N) is 1. The van der Waals surface area contributed by atoms with Crippen molar-refractivity contribution in [1.82, 2.24) is 4.90 Å². The van der Waals surface area contributed by atoms with E-state index in [-0.39, 0.29) is 29.3 Å². The maximum absolute atomic E-state index is 11.7. The van der Waals surface area contributed by atoms with Crippen molar-refractivity contribution >= 4 is 35.2 Å². The molecule has 1 rings (SSSR count). The molecule has 6 nitrogen and oxygen atoms in total. The van der Waals surface area contributed by atoms with Crippen LogP contribution >= 0.6 is 11.8 Å². The molecule has 0 bridgehead atoms. The Morgan fingerprint density at radius 3 is 2.32 bits per heavy atom. The molecule has 2 amide bonds. The highest BCUT2D eigenvalue weighted by Crippen LogP contribution is 2.11. The van der Waals surface area contributed by atoms with Crippen LogP contribution < -0.4 is 5.32 Å². The fourth-order valence-corrected chi connectivity index (χ4v) is 2.19. The number of anilines is 1. The Balaban J connectivity index is 2.42. The second-order valence-electron chi connectivity index (χ2n) is 4.62. The van der Waals surface area contributed by atoms with E-state index in [0.29, 0.717) is 17.9 Å². The first-order valence-corrected chi connectivity index (χ1v) is 7.94. The maximum atomic E-state index is 11.7. The van der Waals surface area contributed by atoms with Gasteiger partial charge in [-0.05, 0) is 31.2 Å². The molecule has 0 heterocycles. The third kappa shape index (κ3) is 6.17. The number of rotatable bonds is 7. The molecule has 0 aromatic heterocycles. The van der Waals surface area contributed by atoms with Crippen LogP contribution in [0.15, 0.2) is 24.3 Å². The number of esters is 1. The SMILES string of the molecule is CCOC(=O)CSCC(=O)Nc1ccc(C(=O)N(C)C)cc1. The first kappa shape index (κ1) is 18.0. The monoisotopic (exact) mass is 324 g/mol. The third-order valence-electron chi connectivity index (χ3n) is 2.58. The molecule has 120 valence electrons. The van der Waals surface area contributed by atoms with Gasteiger partial charge in [0.25, 0.3) is 5.91 Å². The van der Waals surface area contributed by atoms with E-state index in [0.717, 1.165) is 0 Å². The average Bonchev–Trinajstić information content (AvgIpc) is 2.47. The lowest BCUT2D eigenvalue weighted by Crippen LogP contribution is -2.21. The van der Waals surface area contributed by atoms with Crippen molar-refractivity contribution in [1.29, 1.82) is 0 Å². The van der Waals surface area contributed by atoms with E-state index in [1.54, 1.807) is 45.3 Å². The predicted molar refractivity (Wildman–Crippen MR) is 87.0 cm³/mol. The van der Waals surface area contributed by atoms with Crippen LogP contribution in [0, 0.1) is 0 Å². The van der Waals surface area contributed by atoms with E-state index in [1.807, 2.05) is 0 Å². The summed E-state index contributed by atoms with van der Waals surface area (Å²) in [6, 6.07) is 6.66. The van der Waals surface area contributed by atoms with Gasteiger partial charge in [0.05, 0.1) is 18.1 Å². The fourth-order valence-electron chi connectivity index (χ4n) is 1.58. The first-order valence-electron chi connectivity index (χ1n) is 6.79. The lowest BCUT2D eigenvalue weighted by molar-refractivity contribution is -0.139. The largest absolute Gasteiger partial charge is 0.465 e. The molecule has 0 aliphatic carbocycles. The van der Waals surface area contributed by atoms with Crippen molar-refractivity contribution in [3.05, 3.63) is 29.8 Å². The molecule has 1 aromatic rings. The Kier molecular flexibility index (Phi) is 7.45. The summed E-state index contributed by atoms with van der Waals surface area (Å²) < 4.78 is 4.77. The summed E-state index contributed by atoms with van der Waals surface area (Å²) in [6.07, 6.45) is 0. The van der Waals surface area contributed by atoms with E-state index < -0.39 is 0 Å². The highest BCUT2D eigenvalue weighted by atomic mass is 32.2. The molecular formula is C15H20N2O4S. The Hall–Kier alpha value is -2.02. The topological polar surface area (TPSA) is 75.7 Å². The molecule has 0 aliphatic rings. The highest BCUT2D eigenvalue weighted by Gasteiger charge is 2.09. The normalized spacial score (nSPS) is 9.95. The molecule has 1 aromatic carbocycles. The fraction of sp³-hybridized carbons (Fsp3) is 0.400. The molecule has 0 spiro atoms. The van der Waals surface area contributed by atoms with E-state index in [1.165, 1.54) is 16.7 Å². The van der Waals surface area contributed by atoms with Gasteiger partial charge in [-0.15, -0.1) is 11.8 Å². The minimum atomic E-state index is -0.327. The first-order chi connectivity index (χ1) is 10.4. The lowest BCUT2D eigenvalue weighted by atomic mass is 10.2. The van der Waals surface area contributed by atoms with Gasteiger partial charge in [-0.2, -0.15) is 0 Å². The maximum Gasteiger partial charge on any atom is 0.315 e. The molecule has 22 heavy (non-hydrogen) atoms. The van der Waals surface area contributed by atoms with Crippen LogP contribution in [-0.4, -0.2) is 54.9 Å². The molecule has 0 atom stereocenters. The van der Waals surface area contributed by atoms with E-state index in [2.05, 4.69) is 5.32 Å². The van der Waals surface area contributed by atoms with Crippen LogP contribution in [0.25, 0.3) is 0 Å². The summed E-state index contributed by atoms with van der Waals surface area (Å²) in [5.74, 6) is -0.315. The predicted octanol–water partition coefficient (Wildman–Crippen LogP) is 1.62. The molecule has 0 saturated carbocycles. The zero-order chi connectivity index (χ0) is 16.5. The number of hydrogen-bond donors (Lipinski definition) is 1. The number of amides is 2. The van der Waals surface area contributed by atoms with Crippen LogP contribution in [0.4, 0.5) is 5.69 Å². The summed E-state index contributed by atoms with van der Waals surface area (Å²) in [6.45, 7) is 2.07. The van der Waals surface area contributed by atoms with Gasteiger partial charge in [-0.3, -0.25) is 14.4 Å². The van der Waals surface area contributed by atoms with Gasteiger partial charge in [-0.1, -0.05) is 0 Å². The van der Waals surface area contributed by atoms with Crippen molar-refractivity contribution < 1.29 is 19.1 Å². The van der Waals surface area contributed by atoms with Gasteiger partial charge >= 0.3 is 5.97 Å². The lowest BCUT2D eigenvalue weighted by Gasteiger charge is -2.11. The number of carbonyl (C=O) groups excluding carboxylic acids is 3. The molecule has 0 fully saturated rings. The Morgan fingerprint density at radius 1 is 1.14 bits per heavy atom. The van der Waals surface area contributed by atoms with E-state index in [4.69, 9.17) is 4.74 Å². The minimum absolute atomic E-state index is 0.0946. The standard InChI is InChI=1S/C15H20N2O4S/c1-4-21-14(19)10-22-9-13(18)16-12-7-5-11(6-8-12)15(20)17(2)3/h5-8H,4,9-10H2,1-3H3,(H,16,18). The number of nitrogens with zero attached hydrogens (tertiary/aromatic N) is 1.